The number of halogens is 2. The molecule has 0 bridgehead atoms. The molecule has 0 unspecified atom stereocenters. The van der Waals surface area contributed by atoms with Gasteiger partial charge in [0.1, 0.15) is 28.9 Å². The fourth-order valence-electron chi connectivity index (χ4n) is 4.17. The molecule has 1 aliphatic rings. The van der Waals surface area contributed by atoms with Crippen molar-refractivity contribution in [2.24, 2.45) is 0 Å². The molecule has 4 aromatic rings. The number of fused-ring (bicyclic) bond motifs is 1. The van der Waals surface area contributed by atoms with Crippen LogP contribution in [-0.2, 0) is 0 Å². The van der Waals surface area contributed by atoms with Crippen molar-refractivity contribution in [1.29, 1.82) is 0 Å². The van der Waals surface area contributed by atoms with Crippen molar-refractivity contribution in [3.8, 4) is 22.5 Å². The number of rotatable bonds is 4. The van der Waals surface area contributed by atoms with Crippen LogP contribution in [0.25, 0.3) is 33.6 Å². The predicted octanol–water partition coefficient (Wildman–Crippen LogP) is 4.98. The minimum Gasteiger partial charge on any atom is -0.465 e. The van der Waals surface area contributed by atoms with E-state index in [0.29, 0.717) is 59.3 Å². The van der Waals surface area contributed by atoms with Crippen molar-refractivity contribution in [3.05, 3.63) is 59.9 Å². The summed E-state index contributed by atoms with van der Waals surface area (Å²) in [6.07, 6.45) is 3.34. The Bertz CT molecular complexity index is 1300. The maximum absolute atomic E-state index is 13.7. The summed E-state index contributed by atoms with van der Waals surface area (Å²) in [5, 5.41) is 12.6. The molecule has 1 fully saturated rings. The third kappa shape index (κ3) is 4.19. The number of hydrogen-bond acceptors (Lipinski definition) is 6. The van der Waals surface area contributed by atoms with Crippen LogP contribution in [0.15, 0.2) is 53.3 Å². The molecule has 1 amide bonds. The fraction of sp³-hybridized carbons (Fsp3) is 0.217. The summed E-state index contributed by atoms with van der Waals surface area (Å²) < 4.78 is 19.8. The monoisotopic (exact) mass is 467 g/mol. The predicted molar refractivity (Wildman–Crippen MR) is 122 cm³/mol. The fourth-order valence-corrected chi connectivity index (χ4v) is 4.29. The maximum Gasteiger partial charge on any atom is 0.404 e. The lowest BCUT2D eigenvalue weighted by atomic mass is 9.99. The topological polar surface area (TPSA) is 104 Å². The molecule has 5 rings (SSSR count). The summed E-state index contributed by atoms with van der Waals surface area (Å²) in [5.74, 6) is 0.876. The van der Waals surface area contributed by atoms with Gasteiger partial charge in [0.05, 0.1) is 5.39 Å². The molecule has 168 valence electrons. The Balaban J connectivity index is 1.64. The van der Waals surface area contributed by atoms with Crippen LogP contribution in [0, 0.1) is 5.82 Å². The van der Waals surface area contributed by atoms with E-state index in [9.17, 15) is 9.18 Å². The van der Waals surface area contributed by atoms with Crippen LogP contribution < -0.4 is 10.2 Å². The number of nitrogens with zero attached hydrogens (tertiary/aromatic N) is 4. The van der Waals surface area contributed by atoms with E-state index in [1.54, 1.807) is 30.5 Å². The summed E-state index contributed by atoms with van der Waals surface area (Å²) in [5.41, 5.74) is 2.58. The first kappa shape index (κ1) is 21.1. The number of carboxylic acid groups (broad SMARTS) is 1. The number of benzene rings is 1. The van der Waals surface area contributed by atoms with Crippen molar-refractivity contribution < 1.29 is 18.7 Å². The lowest BCUT2D eigenvalue weighted by Crippen LogP contribution is -2.44. The molecule has 0 saturated carbocycles. The van der Waals surface area contributed by atoms with Gasteiger partial charge in [0.15, 0.2) is 0 Å². The Kier molecular flexibility index (Phi) is 5.55. The highest BCUT2D eigenvalue weighted by Crippen LogP contribution is 2.43. The minimum atomic E-state index is -1.02. The van der Waals surface area contributed by atoms with Crippen LogP contribution >= 0.6 is 11.6 Å². The molecule has 3 aromatic heterocycles. The zero-order valence-electron chi connectivity index (χ0n) is 17.3. The van der Waals surface area contributed by atoms with E-state index in [4.69, 9.17) is 21.1 Å². The number of aromatic nitrogens is 3. The number of furan rings is 1. The molecule has 4 heterocycles. The molecule has 0 aliphatic carbocycles. The van der Waals surface area contributed by atoms with Crippen LogP contribution in [0.1, 0.15) is 12.8 Å². The van der Waals surface area contributed by atoms with Gasteiger partial charge in [-0.2, -0.15) is 0 Å². The number of anilines is 1. The number of nitrogens with one attached hydrogen (secondary N) is 1. The smallest absolute Gasteiger partial charge is 0.404 e. The second-order valence-corrected chi connectivity index (χ2v) is 8.16. The standard InChI is InChI=1S/C23H19ClFN5O3/c24-17-6-3-14(11-26-17)20-18(13-1-4-15(25)5-2-13)19-21(27-12-28-22(19)33-20)30-9-7-16(8-10-30)29-23(31)32/h1-6,11-12,16,29H,7-10H2,(H,31,32). The Hall–Kier alpha value is -3.72. The van der Waals surface area contributed by atoms with E-state index < -0.39 is 6.09 Å². The molecular weight excluding hydrogens is 449 g/mol. The molecule has 1 aliphatic heterocycles. The minimum absolute atomic E-state index is 0.104. The van der Waals surface area contributed by atoms with Gasteiger partial charge in [-0.25, -0.2) is 24.1 Å². The number of carbonyl (C=O) groups is 1. The number of amides is 1. The molecule has 33 heavy (non-hydrogen) atoms. The highest BCUT2D eigenvalue weighted by atomic mass is 35.5. The van der Waals surface area contributed by atoms with Crippen LogP contribution in [0.4, 0.5) is 15.0 Å². The van der Waals surface area contributed by atoms with Crippen molar-refractivity contribution in [3.63, 3.8) is 0 Å². The van der Waals surface area contributed by atoms with E-state index in [1.165, 1.54) is 18.5 Å². The molecule has 10 heteroatoms. The van der Waals surface area contributed by atoms with Crippen molar-refractivity contribution in [2.75, 3.05) is 18.0 Å². The van der Waals surface area contributed by atoms with Gasteiger partial charge in [0.2, 0.25) is 5.71 Å². The first-order valence-corrected chi connectivity index (χ1v) is 10.8. The average molecular weight is 468 g/mol. The first-order valence-electron chi connectivity index (χ1n) is 10.4. The molecule has 0 atom stereocenters. The quantitative estimate of drug-likeness (QED) is 0.408. The van der Waals surface area contributed by atoms with Crippen molar-refractivity contribution >= 4 is 34.6 Å². The average Bonchev–Trinajstić information content (AvgIpc) is 3.20. The van der Waals surface area contributed by atoms with Gasteiger partial charge in [-0.15, -0.1) is 0 Å². The SMILES string of the molecule is O=C(O)NC1CCN(c2ncnc3oc(-c4ccc(Cl)nc4)c(-c4ccc(F)cc4)c23)CC1. The highest BCUT2D eigenvalue weighted by Gasteiger charge is 2.27. The number of piperidine rings is 1. The molecule has 8 nitrogen and oxygen atoms in total. The third-order valence-corrected chi connectivity index (χ3v) is 5.94. The Morgan fingerprint density at radius 1 is 1.09 bits per heavy atom. The van der Waals surface area contributed by atoms with Crippen LogP contribution in [0.3, 0.4) is 0 Å². The first-order chi connectivity index (χ1) is 16.0. The third-order valence-electron chi connectivity index (χ3n) is 5.71. The van der Waals surface area contributed by atoms with Crippen LogP contribution in [-0.4, -0.2) is 45.3 Å². The molecule has 0 radical (unpaired) electrons. The van der Waals surface area contributed by atoms with Gasteiger partial charge in [-0.05, 0) is 42.7 Å². The van der Waals surface area contributed by atoms with Gasteiger partial charge in [0, 0.05) is 36.5 Å². The molecule has 1 saturated heterocycles. The second-order valence-electron chi connectivity index (χ2n) is 7.77. The van der Waals surface area contributed by atoms with Gasteiger partial charge in [0.25, 0.3) is 0 Å². The van der Waals surface area contributed by atoms with Gasteiger partial charge in [-0.1, -0.05) is 23.7 Å². The summed E-state index contributed by atoms with van der Waals surface area (Å²) >= 11 is 5.97. The van der Waals surface area contributed by atoms with Crippen molar-refractivity contribution in [1.82, 2.24) is 20.3 Å². The number of hydrogen-bond donors (Lipinski definition) is 2. The maximum atomic E-state index is 13.7. The largest absolute Gasteiger partial charge is 0.465 e. The summed E-state index contributed by atoms with van der Waals surface area (Å²) in [4.78, 5) is 26.1. The summed E-state index contributed by atoms with van der Waals surface area (Å²) in [7, 11) is 0. The summed E-state index contributed by atoms with van der Waals surface area (Å²) in [6.45, 7) is 1.23. The Morgan fingerprint density at radius 3 is 2.48 bits per heavy atom. The zero-order valence-corrected chi connectivity index (χ0v) is 18.1. The van der Waals surface area contributed by atoms with E-state index in [0.717, 1.165) is 11.1 Å². The van der Waals surface area contributed by atoms with Gasteiger partial charge in [-0.3, -0.25) is 0 Å². The number of pyridine rings is 1. The van der Waals surface area contributed by atoms with E-state index in [-0.39, 0.29) is 11.9 Å². The summed E-state index contributed by atoms with van der Waals surface area (Å²) in [6, 6.07) is 9.53. The highest BCUT2D eigenvalue weighted by molar-refractivity contribution is 6.29. The zero-order chi connectivity index (χ0) is 22.9. The molecular formula is C23H19ClFN5O3. The lowest BCUT2D eigenvalue weighted by Gasteiger charge is -2.32. The van der Waals surface area contributed by atoms with Gasteiger partial charge >= 0.3 is 6.09 Å². The van der Waals surface area contributed by atoms with Crippen LogP contribution in [0.5, 0.6) is 0 Å². The van der Waals surface area contributed by atoms with Crippen molar-refractivity contribution in [2.45, 2.75) is 18.9 Å². The molecule has 0 spiro atoms. The van der Waals surface area contributed by atoms with E-state index in [2.05, 4.69) is 25.2 Å². The van der Waals surface area contributed by atoms with Crippen LogP contribution in [0.2, 0.25) is 5.15 Å². The second kappa shape index (κ2) is 8.67. The lowest BCUT2D eigenvalue weighted by molar-refractivity contribution is 0.187. The Morgan fingerprint density at radius 2 is 1.82 bits per heavy atom. The molecule has 2 N–H and O–H groups in total. The normalized spacial score (nSPS) is 14.5. The van der Waals surface area contributed by atoms with Gasteiger partial charge < -0.3 is 19.7 Å². The van der Waals surface area contributed by atoms with E-state index >= 15 is 0 Å². The van der Waals surface area contributed by atoms with E-state index in [1.807, 2.05) is 0 Å². The Labute approximate surface area is 193 Å². The molecule has 1 aromatic carbocycles.